The van der Waals surface area contributed by atoms with Gasteiger partial charge in [0.25, 0.3) is 0 Å². The molecular weight excluding hydrogens is 286 g/mol. The fourth-order valence-corrected chi connectivity index (χ4v) is 2.56. The summed E-state index contributed by atoms with van der Waals surface area (Å²) >= 11 is 0. The summed E-state index contributed by atoms with van der Waals surface area (Å²) in [6.07, 6.45) is 0.926. The second-order valence-corrected chi connectivity index (χ2v) is 6.81. The van der Waals surface area contributed by atoms with Crippen LogP contribution in [0, 0.1) is 11.6 Å². The fraction of sp³-hybridized carbons (Fsp3) is 0.538. The van der Waals surface area contributed by atoms with Gasteiger partial charge in [0.15, 0.2) is 11.6 Å². The van der Waals surface area contributed by atoms with E-state index < -0.39 is 26.9 Å². The molecule has 0 aliphatic heterocycles. The van der Waals surface area contributed by atoms with E-state index in [4.69, 9.17) is 0 Å². The summed E-state index contributed by atoms with van der Waals surface area (Å²) in [7, 11) is -3.49. The van der Waals surface area contributed by atoms with Gasteiger partial charge in [0.1, 0.15) is 0 Å². The molecule has 7 heteroatoms. The molecule has 0 radical (unpaired) electrons. The summed E-state index contributed by atoms with van der Waals surface area (Å²) in [5.41, 5.74) is 0.376. The summed E-state index contributed by atoms with van der Waals surface area (Å²) in [6, 6.07) is 3.31. The van der Waals surface area contributed by atoms with E-state index in [0.717, 1.165) is 25.1 Å². The van der Waals surface area contributed by atoms with Gasteiger partial charge in [-0.3, -0.25) is 0 Å². The van der Waals surface area contributed by atoms with Crippen LogP contribution in [-0.2, 0) is 16.6 Å². The van der Waals surface area contributed by atoms with Crippen molar-refractivity contribution in [2.45, 2.75) is 32.1 Å². The molecule has 0 fully saturated rings. The van der Waals surface area contributed by atoms with Crippen molar-refractivity contribution >= 4 is 10.0 Å². The van der Waals surface area contributed by atoms with E-state index in [2.05, 4.69) is 10.0 Å². The molecule has 1 aromatic carbocycles. The topological polar surface area (TPSA) is 58.2 Å². The molecule has 0 amide bonds. The van der Waals surface area contributed by atoms with Crippen LogP contribution in [0.5, 0.6) is 0 Å². The van der Waals surface area contributed by atoms with Gasteiger partial charge < -0.3 is 5.32 Å². The molecule has 1 aromatic rings. The second kappa shape index (κ2) is 7.66. The molecule has 0 heterocycles. The van der Waals surface area contributed by atoms with Crippen LogP contribution >= 0.6 is 0 Å². The molecule has 0 spiro atoms. The van der Waals surface area contributed by atoms with E-state index >= 15 is 0 Å². The van der Waals surface area contributed by atoms with Crippen LogP contribution in [0.2, 0.25) is 0 Å². The molecule has 2 N–H and O–H groups in total. The summed E-state index contributed by atoms with van der Waals surface area (Å²) in [4.78, 5) is 0. The average molecular weight is 306 g/mol. The Kier molecular flexibility index (Phi) is 6.51. The Labute approximate surface area is 118 Å². The first-order valence-electron chi connectivity index (χ1n) is 6.50. The highest BCUT2D eigenvalue weighted by molar-refractivity contribution is 7.90. The van der Waals surface area contributed by atoms with Gasteiger partial charge >= 0.3 is 0 Å². The van der Waals surface area contributed by atoms with E-state index in [-0.39, 0.29) is 6.54 Å². The highest BCUT2D eigenvalue weighted by Gasteiger charge is 2.19. The number of hydrogen-bond donors (Lipinski definition) is 2. The molecule has 1 unspecified atom stereocenters. The van der Waals surface area contributed by atoms with E-state index in [1.807, 2.05) is 6.92 Å². The molecule has 0 aliphatic rings. The van der Waals surface area contributed by atoms with Crippen molar-refractivity contribution in [3.05, 3.63) is 35.4 Å². The van der Waals surface area contributed by atoms with Gasteiger partial charge in [-0.25, -0.2) is 21.9 Å². The van der Waals surface area contributed by atoms with Crippen LogP contribution in [0.1, 0.15) is 25.8 Å². The first kappa shape index (κ1) is 17.0. The minimum Gasteiger partial charge on any atom is -0.315 e. The highest BCUT2D eigenvalue weighted by Crippen LogP contribution is 2.09. The van der Waals surface area contributed by atoms with E-state index in [0.29, 0.717) is 12.1 Å². The van der Waals surface area contributed by atoms with Gasteiger partial charge in [-0.15, -0.1) is 0 Å². The van der Waals surface area contributed by atoms with Crippen LogP contribution in [0.4, 0.5) is 8.78 Å². The number of nitrogens with one attached hydrogen (secondary N) is 2. The molecule has 1 atom stereocenters. The molecule has 20 heavy (non-hydrogen) atoms. The average Bonchev–Trinajstić information content (AvgIpc) is 2.40. The standard InChI is InChI=1S/C13H20F2N2O2S/c1-3-6-16-8-10(2)20(18,19)17-9-11-4-5-12(14)13(15)7-11/h4-5,7,10,16-17H,3,6,8-9H2,1-2H3. The van der Waals surface area contributed by atoms with Crippen molar-refractivity contribution in [2.75, 3.05) is 13.1 Å². The van der Waals surface area contributed by atoms with Crippen LogP contribution in [-0.4, -0.2) is 26.8 Å². The van der Waals surface area contributed by atoms with E-state index in [9.17, 15) is 17.2 Å². The first-order chi connectivity index (χ1) is 9.36. The fourth-order valence-electron chi connectivity index (χ4n) is 1.57. The Morgan fingerprint density at radius 3 is 2.55 bits per heavy atom. The summed E-state index contributed by atoms with van der Waals surface area (Å²) in [6.45, 7) is 4.63. The largest absolute Gasteiger partial charge is 0.315 e. The third-order valence-corrected chi connectivity index (χ3v) is 4.62. The number of hydrogen-bond acceptors (Lipinski definition) is 3. The summed E-state index contributed by atoms with van der Waals surface area (Å²) in [5.74, 6) is -1.94. The lowest BCUT2D eigenvalue weighted by Crippen LogP contribution is -2.38. The molecule has 0 saturated carbocycles. The maximum atomic E-state index is 13.0. The quantitative estimate of drug-likeness (QED) is 0.720. The Balaban J connectivity index is 2.55. The zero-order chi connectivity index (χ0) is 15.2. The molecular formula is C13H20F2N2O2S. The van der Waals surface area contributed by atoms with Crippen LogP contribution in [0.25, 0.3) is 0 Å². The molecule has 0 bridgehead atoms. The number of benzene rings is 1. The van der Waals surface area contributed by atoms with Gasteiger partial charge in [0, 0.05) is 13.1 Å². The lowest BCUT2D eigenvalue weighted by atomic mass is 10.2. The molecule has 0 aromatic heterocycles. The number of sulfonamides is 1. The molecule has 0 saturated heterocycles. The van der Waals surface area contributed by atoms with E-state index in [1.54, 1.807) is 6.92 Å². The maximum Gasteiger partial charge on any atom is 0.215 e. The lowest BCUT2D eigenvalue weighted by molar-refractivity contribution is 0.506. The van der Waals surface area contributed by atoms with Gasteiger partial charge in [0.05, 0.1) is 5.25 Å². The van der Waals surface area contributed by atoms with Crippen LogP contribution < -0.4 is 10.0 Å². The Morgan fingerprint density at radius 2 is 1.95 bits per heavy atom. The molecule has 4 nitrogen and oxygen atoms in total. The smallest absolute Gasteiger partial charge is 0.215 e. The molecule has 1 rings (SSSR count). The van der Waals surface area contributed by atoms with E-state index in [1.165, 1.54) is 6.07 Å². The van der Waals surface area contributed by atoms with Crippen molar-refractivity contribution in [1.29, 1.82) is 0 Å². The number of rotatable bonds is 8. The minimum atomic E-state index is -3.49. The summed E-state index contributed by atoms with van der Waals surface area (Å²) < 4.78 is 52.0. The Hall–Kier alpha value is -1.05. The third-order valence-electron chi connectivity index (χ3n) is 2.85. The zero-order valence-electron chi connectivity index (χ0n) is 11.6. The normalized spacial score (nSPS) is 13.4. The van der Waals surface area contributed by atoms with Gasteiger partial charge in [0.2, 0.25) is 10.0 Å². The lowest BCUT2D eigenvalue weighted by Gasteiger charge is -2.14. The zero-order valence-corrected chi connectivity index (χ0v) is 12.4. The summed E-state index contributed by atoms with van der Waals surface area (Å²) in [5, 5.41) is 2.43. The molecule has 0 aliphatic carbocycles. The van der Waals surface area contributed by atoms with Gasteiger partial charge in [-0.05, 0) is 37.6 Å². The maximum absolute atomic E-state index is 13.0. The Bertz CT molecular complexity index is 535. The monoisotopic (exact) mass is 306 g/mol. The van der Waals surface area contributed by atoms with Crippen LogP contribution in [0.15, 0.2) is 18.2 Å². The third kappa shape index (κ3) is 5.15. The first-order valence-corrected chi connectivity index (χ1v) is 8.04. The Morgan fingerprint density at radius 1 is 1.25 bits per heavy atom. The predicted molar refractivity (Wildman–Crippen MR) is 74.7 cm³/mol. The van der Waals surface area contributed by atoms with Crippen molar-refractivity contribution < 1.29 is 17.2 Å². The second-order valence-electron chi connectivity index (χ2n) is 4.63. The minimum absolute atomic E-state index is 0.0579. The van der Waals surface area contributed by atoms with Crippen molar-refractivity contribution in [3.8, 4) is 0 Å². The predicted octanol–water partition coefficient (Wildman–Crippen LogP) is 1.77. The SMILES string of the molecule is CCCNCC(C)S(=O)(=O)NCc1ccc(F)c(F)c1. The van der Waals surface area contributed by atoms with Crippen molar-refractivity contribution in [3.63, 3.8) is 0 Å². The van der Waals surface area contributed by atoms with Gasteiger partial charge in [-0.1, -0.05) is 13.0 Å². The van der Waals surface area contributed by atoms with Crippen LogP contribution in [0.3, 0.4) is 0 Å². The van der Waals surface area contributed by atoms with Crippen molar-refractivity contribution in [1.82, 2.24) is 10.0 Å². The van der Waals surface area contributed by atoms with Gasteiger partial charge in [-0.2, -0.15) is 0 Å². The van der Waals surface area contributed by atoms with Crippen molar-refractivity contribution in [2.24, 2.45) is 0 Å². The number of halogens is 2. The highest BCUT2D eigenvalue weighted by atomic mass is 32.2. The molecule has 114 valence electrons.